The highest BCUT2D eigenvalue weighted by atomic mass is 16.5. The smallest absolute Gasteiger partial charge is 0.305 e. The number of hydrogen-bond acceptors (Lipinski definition) is 4. The zero-order chi connectivity index (χ0) is 21.7. The van der Waals surface area contributed by atoms with Crippen LogP contribution in [0.4, 0.5) is 11.4 Å². The van der Waals surface area contributed by atoms with Crippen LogP contribution in [0.25, 0.3) is 11.1 Å². The van der Waals surface area contributed by atoms with Crippen LogP contribution in [0.2, 0.25) is 0 Å². The van der Waals surface area contributed by atoms with Crippen LogP contribution in [0.15, 0.2) is 36.4 Å². The van der Waals surface area contributed by atoms with E-state index in [9.17, 15) is 14.4 Å². The first-order chi connectivity index (χ1) is 14.5. The van der Waals surface area contributed by atoms with E-state index in [1.165, 1.54) is 0 Å². The maximum Gasteiger partial charge on any atom is 0.305 e. The van der Waals surface area contributed by atoms with Crippen LogP contribution in [0.1, 0.15) is 63.5 Å². The highest BCUT2D eigenvalue weighted by Gasteiger charge is 2.30. The van der Waals surface area contributed by atoms with Gasteiger partial charge < -0.3 is 15.4 Å². The third-order valence-corrected chi connectivity index (χ3v) is 5.21. The first-order valence-electron chi connectivity index (χ1n) is 10.5. The van der Waals surface area contributed by atoms with Crippen molar-refractivity contribution in [3.05, 3.63) is 47.5 Å². The standard InChI is InChI=1S/C24H28N2O4/c1-4-7-23(28)26-16-9-11-18-17-10-8-15(25-22(27)5-2)12-19(17)21(20(18)13-16)14-30-24(29)6-3/h8-13,21H,4-7,14H2,1-3H3,(H,25,27)(H,26,28). The molecular formula is C24H28N2O4. The summed E-state index contributed by atoms with van der Waals surface area (Å²) in [5, 5.41) is 5.83. The number of carbonyl (C=O) groups is 3. The molecule has 158 valence electrons. The molecule has 0 saturated heterocycles. The molecule has 0 heterocycles. The van der Waals surface area contributed by atoms with E-state index >= 15 is 0 Å². The molecule has 2 aromatic rings. The minimum atomic E-state index is -0.257. The second-order valence-corrected chi connectivity index (χ2v) is 7.39. The highest BCUT2D eigenvalue weighted by Crippen LogP contribution is 2.46. The Morgan fingerprint density at radius 3 is 1.90 bits per heavy atom. The van der Waals surface area contributed by atoms with E-state index in [1.807, 2.05) is 43.3 Å². The lowest BCUT2D eigenvalue weighted by atomic mass is 9.97. The van der Waals surface area contributed by atoms with Gasteiger partial charge in [-0.15, -0.1) is 0 Å². The second kappa shape index (κ2) is 9.57. The fourth-order valence-corrected chi connectivity index (χ4v) is 3.67. The van der Waals surface area contributed by atoms with Crippen LogP contribution in [0.3, 0.4) is 0 Å². The summed E-state index contributed by atoms with van der Waals surface area (Å²) in [7, 11) is 0. The van der Waals surface area contributed by atoms with Crippen molar-refractivity contribution in [2.75, 3.05) is 17.2 Å². The molecule has 2 N–H and O–H groups in total. The fourth-order valence-electron chi connectivity index (χ4n) is 3.67. The van der Waals surface area contributed by atoms with Gasteiger partial charge in [-0.1, -0.05) is 32.9 Å². The largest absolute Gasteiger partial charge is 0.465 e. The number of nitrogens with one attached hydrogen (secondary N) is 2. The Bertz CT molecular complexity index is 968. The maximum atomic E-state index is 12.0. The van der Waals surface area contributed by atoms with E-state index in [2.05, 4.69) is 10.6 Å². The van der Waals surface area contributed by atoms with Gasteiger partial charge in [0.05, 0.1) is 0 Å². The average molecular weight is 408 g/mol. The lowest BCUT2D eigenvalue weighted by molar-refractivity contribution is -0.143. The highest BCUT2D eigenvalue weighted by molar-refractivity contribution is 5.93. The van der Waals surface area contributed by atoms with Crippen molar-refractivity contribution in [2.24, 2.45) is 0 Å². The number of ether oxygens (including phenoxy) is 1. The van der Waals surface area contributed by atoms with Crippen molar-refractivity contribution in [3.8, 4) is 11.1 Å². The van der Waals surface area contributed by atoms with Crippen molar-refractivity contribution in [3.63, 3.8) is 0 Å². The van der Waals surface area contributed by atoms with E-state index in [0.717, 1.165) is 40.0 Å². The molecule has 1 atom stereocenters. The van der Waals surface area contributed by atoms with Gasteiger partial charge >= 0.3 is 5.97 Å². The lowest BCUT2D eigenvalue weighted by Gasteiger charge is -2.16. The number of amides is 2. The van der Waals surface area contributed by atoms with Gasteiger partial charge in [0.1, 0.15) is 6.61 Å². The number of rotatable bonds is 8. The molecule has 0 radical (unpaired) electrons. The van der Waals surface area contributed by atoms with Crippen LogP contribution in [0.5, 0.6) is 0 Å². The van der Waals surface area contributed by atoms with Crippen LogP contribution in [-0.2, 0) is 19.1 Å². The van der Waals surface area contributed by atoms with Gasteiger partial charge in [-0.25, -0.2) is 0 Å². The summed E-state index contributed by atoms with van der Waals surface area (Å²) < 4.78 is 5.48. The lowest BCUT2D eigenvalue weighted by Crippen LogP contribution is -2.14. The predicted octanol–water partition coefficient (Wildman–Crippen LogP) is 4.84. The Morgan fingerprint density at radius 1 is 0.833 bits per heavy atom. The van der Waals surface area contributed by atoms with Crippen molar-refractivity contribution in [1.82, 2.24) is 0 Å². The summed E-state index contributed by atoms with van der Waals surface area (Å²) in [6.45, 7) is 5.74. The Kier molecular flexibility index (Phi) is 6.87. The van der Waals surface area contributed by atoms with Gasteiger partial charge in [0.25, 0.3) is 0 Å². The van der Waals surface area contributed by atoms with Gasteiger partial charge in [0.15, 0.2) is 0 Å². The first-order valence-corrected chi connectivity index (χ1v) is 10.5. The molecule has 3 rings (SSSR count). The van der Waals surface area contributed by atoms with Crippen molar-refractivity contribution < 1.29 is 19.1 Å². The van der Waals surface area contributed by atoms with E-state index in [1.54, 1.807) is 13.8 Å². The molecular weight excluding hydrogens is 380 g/mol. The molecule has 0 saturated carbocycles. The molecule has 0 aliphatic heterocycles. The van der Waals surface area contributed by atoms with E-state index in [0.29, 0.717) is 19.3 Å². The number of hydrogen-bond donors (Lipinski definition) is 2. The van der Waals surface area contributed by atoms with Gasteiger partial charge in [0.2, 0.25) is 11.8 Å². The molecule has 6 heteroatoms. The molecule has 2 amide bonds. The van der Waals surface area contributed by atoms with E-state index < -0.39 is 0 Å². The summed E-state index contributed by atoms with van der Waals surface area (Å²) in [5.41, 5.74) is 5.54. The molecule has 1 aliphatic rings. The number of carbonyl (C=O) groups excluding carboxylic acids is 3. The minimum absolute atomic E-state index is 0.0218. The van der Waals surface area contributed by atoms with Crippen molar-refractivity contribution in [1.29, 1.82) is 0 Å². The molecule has 30 heavy (non-hydrogen) atoms. The van der Waals surface area contributed by atoms with Gasteiger partial charge in [-0.05, 0) is 52.9 Å². The molecule has 0 bridgehead atoms. The SMILES string of the molecule is CCCC(=O)Nc1ccc2c(c1)C(COC(=O)CC)c1cc(NC(=O)CC)ccc1-2. The molecule has 0 fully saturated rings. The molecule has 0 aromatic heterocycles. The molecule has 0 spiro atoms. The number of anilines is 2. The maximum absolute atomic E-state index is 12.0. The number of benzene rings is 2. The Labute approximate surface area is 177 Å². The van der Waals surface area contributed by atoms with Crippen molar-refractivity contribution in [2.45, 2.75) is 52.4 Å². The molecule has 1 unspecified atom stereocenters. The third-order valence-electron chi connectivity index (χ3n) is 5.21. The predicted molar refractivity (Wildman–Crippen MR) is 117 cm³/mol. The van der Waals surface area contributed by atoms with Gasteiger partial charge in [-0.2, -0.15) is 0 Å². The van der Waals surface area contributed by atoms with Crippen LogP contribution < -0.4 is 10.6 Å². The summed E-state index contributed by atoms with van der Waals surface area (Å²) >= 11 is 0. The monoisotopic (exact) mass is 408 g/mol. The first kappa shape index (κ1) is 21.6. The zero-order valence-electron chi connectivity index (χ0n) is 17.7. The molecule has 2 aromatic carbocycles. The second-order valence-electron chi connectivity index (χ2n) is 7.39. The Balaban J connectivity index is 1.96. The normalized spacial score (nSPS) is 13.9. The van der Waals surface area contributed by atoms with Gasteiger partial charge in [-0.3, -0.25) is 14.4 Å². The number of fused-ring (bicyclic) bond motifs is 3. The topological polar surface area (TPSA) is 84.5 Å². The molecule has 6 nitrogen and oxygen atoms in total. The quantitative estimate of drug-likeness (QED) is 0.612. The minimum Gasteiger partial charge on any atom is -0.465 e. The zero-order valence-corrected chi connectivity index (χ0v) is 17.7. The summed E-state index contributed by atoms with van der Waals surface area (Å²) in [6.07, 6.45) is 1.96. The average Bonchev–Trinajstić information content (AvgIpc) is 3.04. The van der Waals surface area contributed by atoms with Crippen LogP contribution in [0, 0.1) is 0 Å². The van der Waals surface area contributed by atoms with Crippen molar-refractivity contribution >= 4 is 29.2 Å². The van der Waals surface area contributed by atoms with Crippen LogP contribution in [-0.4, -0.2) is 24.4 Å². The fraction of sp³-hybridized carbons (Fsp3) is 0.375. The van der Waals surface area contributed by atoms with Crippen LogP contribution >= 0.6 is 0 Å². The Morgan fingerprint density at radius 2 is 1.40 bits per heavy atom. The third kappa shape index (κ3) is 4.70. The Hall–Kier alpha value is -3.15. The summed E-state index contributed by atoms with van der Waals surface area (Å²) in [4.78, 5) is 35.6. The van der Waals surface area contributed by atoms with Gasteiger partial charge in [0, 0.05) is 36.6 Å². The van der Waals surface area contributed by atoms with E-state index in [-0.39, 0.29) is 30.3 Å². The molecule has 1 aliphatic carbocycles. The number of esters is 1. The summed E-state index contributed by atoms with van der Waals surface area (Å²) in [6, 6.07) is 11.6. The summed E-state index contributed by atoms with van der Waals surface area (Å²) in [5.74, 6) is -0.494. The van der Waals surface area contributed by atoms with E-state index in [4.69, 9.17) is 4.74 Å².